The number of aromatic nitrogens is 1. The largest absolute Gasteiger partial charge is 0.446 e. The normalized spacial score (nSPS) is 38.6. The standard InChI is InChI=1S/C21H30N4O3/c1-12-2-3-17(22)19(23-12)24-16-4-5-25(11-16)20(26)28-18-14-6-13-7-15(18)10-21(27,8-13)9-14/h2-3,13-16,18,27H,4-11,22H2,1H3,(H,23,24)/t13?,14?,15?,16-,18-,21-/m1/s1. The van der Waals surface area contributed by atoms with Crippen LogP contribution in [0, 0.1) is 24.7 Å². The number of nitrogens with one attached hydrogen (secondary N) is 1. The van der Waals surface area contributed by atoms with Crippen LogP contribution in [0.2, 0.25) is 0 Å². The molecule has 5 fully saturated rings. The number of anilines is 2. The zero-order valence-corrected chi connectivity index (χ0v) is 16.4. The molecule has 1 aromatic rings. The number of hydrogen-bond donors (Lipinski definition) is 3. The third-order valence-corrected chi connectivity index (χ3v) is 7.24. The number of nitrogens with two attached hydrogens (primary N) is 1. The van der Waals surface area contributed by atoms with Crippen molar-refractivity contribution in [1.82, 2.24) is 9.88 Å². The Bertz CT molecular complexity index is 769. The number of amides is 1. The summed E-state index contributed by atoms with van der Waals surface area (Å²) in [6, 6.07) is 3.87. The van der Waals surface area contributed by atoms with Gasteiger partial charge < -0.3 is 25.8 Å². The first kappa shape index (κ1) is 18.0. The Balaban J connectivity index is 1.19. The molecule has 28 heavy (non-hydrogen) atoms. The molecule has 7 heteroatoms. The Labute approximate surface area is 165 Å². The van der Waals surface area contributed by atoms with E-state index in [1.165, 1.54) is 0 Å². The third-order valence-electron chi connectivity index (χ3n) is 7.24. The molecule has 0 aromatic carbocycles. The van der Waals surface area contributed by atoms with Crippen molar-refractivity contribution in [3.63, 3.8) is 0 Å². The molecule has 4 aliphatic carbocycles. The summed E-state index contributed by atoms with van der Waals surface area (Å²) in [7, 11) is 0. The van der Waals surface area contributed by atoms with E-state index >= 15 is 0 Å². The van der Waals surface area contributed by atoms with Gasteiger partial charge in [0.1, 0.15) is 11.9 Å². The summed E-state index contributed by atoms with van der Waals surface area (Å²) >= 11 is 0. The molecule has 0 radical (unpaired) electrons. The van der Waals surface area contributed by atoms with Gasteiger partial charge in [-0.05, 0) is 75.3 Å². The molecule has 3 atom stereocenters. The first-order valence-electron chi connectivity index (χ1n) is 10.6. The van der Waals surface area contributed by atoms with Gasteiger partial charge in [0.15, 0.2) is 0 Å². The maximum absolute atomic E-state index is 12.8. The van der Waals surface area contributed by atoms with Gasteiger partial charge in [-0.15, -0.1) is 0 Å². The molecule has 4 bridgehead atoms. The minimum Gasteiger partial charge on any atom is -0.446 e. The van der Waals surface area contributed by atoms with E-state index in [4.69, 9.17) is 10.5 Å². The molecule has 4 N–H and O–H groups in total. The fourth-order valence-electron chi connectivity index (χ4n) is 6.24. The highest BCUT2D eigenvalue weighted by Crippen LogP contribution is 2.56. The molecular formula is C21H30N4O3. The molecule has 7 nitrogen and oxygen atoms in total. The van der Waals surface area contributed by atoms with Crippen molar-refractivity contribution in [1.29, 1.82) is 0 Å². The molecule has 1 aliphatic heterocycles. The predicted octanol–water partition coefficient (Wildman–Crippen LogP) is 2.53. The number of nitrogens with zero attached hydrogens (tertiary/aromatic N) is 2. The Kier molecular flexibility index (Phi) is 4.19. The molecule has 2 unspecified atom stereocenters. The summed E-state index contributed by atoms with van der Waals surface area (Å²) in [5.41, 5.74) is 7.05. The average Bonchev–Trinajstić information content (AvgIpc) is 3.08. The Hall–Kier alpha value is -2.02. The van der Waals surface area contributed by atoms with Crippen molar-refractivity contribution in [2.75, 3.05) is 24.1 Å². The van der Waals surface area contributed by atoms with Crippen molar-refractivity contribution < 1.29 is 14.6 Å². The molecule has 1 amide bonds. The maximum atomic E-state index is 12.8. The van der Waals surface area contributed by atoms with Crippen LogP contribution in [0.15, 0.2) is 12.1 Å². The van der Waals surface area contributed by atoms with Crippen molar-refractivity contribution >= 4 is 17.6 Å². The van der Waals surface area contributed by atoms with Crippen LogP contribution in [0.25, 0.3) is 0 Å². The lowest BCUT2D eigenvalue weighted by atomic mass is 9.53. The van der Waals surface area contributed by atoms with Crippen LogP contribution in [0.5, 0.6) is 0 Å². The fraction of sp³-hybridized carbons (Fsp3) is 0.714. The molecule has 1 saturated heterocycles. The molecule has 2 heterocycles. The second-order valence-electron chi connectivity index (χ2n) is 9.51. The first-order valence-corrected chi connectivity index (χ1v) is 10.6. The number of hydrogen-bond acceptors (Lipinski definition) is 6. The van der Waals surface area contributed by atoms with E-state index < -0.39 is 5.60 Å². The first-order chi connectivity index (χ1) is 13.4. The van der Waals surface area contributed by atoms with Crippen LogP contribution in [0.1, 0.15) is 44.2 Å². The van der Waals surface area contributed by atoms with Crippen molar-refractivity contribution in [2.24, 2.45) is 17.8 Å². The zero-order chi connectivity index (χ0) is 19.5. The van der Waals surface area contributed by atoms with E-state index in [1.807, 2.05) is 19.1 Å². The summed E-state index contributed by atoms with van der Waals surface area (Å²) < 4.78 is 6.01. The molecule has 0 spiro atoms. The van der Waals surface area contributed by atoms with Gasteiger partial charge in [0.05, 0.1) is 11.3 Å². The number of carbonyl (C=O) groups is 1. The lowest BCUT2D eigenvalue weighted by Crippen LogP contribution is -2.58. The number of nitrogen functional groups attached to an aromatic ring is 1. The number of aryl methyl sites for hydroxylation is 1. The number of aliphatic hydroxyl groups is 1. The van der Waals surface area contributed by atoms with Gasteiger partial charge >= 0.3 is 6.09 Å². The molecule has 1 aromatic heterocycles. The van der Waals surface area contributed by atoms with E-state index in [2.05, 4.69) is 10.3 Å². The van der Waals surface area contributed by atoms with Gasteiger partial charge in [0, 0.05) is 24.8 Å². The number of ether oxygens (including phenoxy) is 1. The SMILES string of the molecule is Cc1ccc(N)c(N[C@@H]2CCN(C(=O)O[C@H]3C4CC5CC3C[C@](O)(C5)C4)C2)n1. The van der Waals surface area contributed by atoms with Gasteiger partial charge in [-0.2, -0.15) is 0 Å². The van der Waals surface area contributed by atoms with Crippen LogP contribution in [-0.4, -0.2) is 51.9 Å². The quantitative estimate of drug-likeness (QED) is 0.738. The third kappa shape index (κ3) is 3.19. The van der Waals surface area contributed by atoms with Crippen molar-refractivity contribution in [2.45, 2.75) is 63.2 Å². The van der Waals surface area contributed by atoms with Crippen molar-refractivity contribution in [3.8, 4) is 0 Å². The van der Waals surface area contributed by atoms with E-state index in [-0.39, 0.29) is 18.2 Å². The lowest BCUT2D eigenvalue weighted by molar-refractivity contribution is -0.177. The van der Waals surface area contributed by atoms with E-state index in [9.17, 15) is 9.90 Å². The number of rotatable bonds is 3. The molecule has 4 saturated carbocycles. The lowest BCUT2D eigenvalue weighted by Gasteiger charge is -2.57. The van der Waals surface area contributed by atoms with Gasteiger partial charge in [0.2, 0.25) is 0 Å². The summed E-state index contributed by atoms with van der Waals surface area (Å²) in [6.07, 6.45) is 5.34. The van der Waals surface area contributed by atoms with Crippen LogP contribution in [-0.2, 0) is 4.74 Å². The predicted molar refractivity (Wildman–Crippen MR) is 106 cm³/mol. The summed E-state index contributed by atoms with van der Waals surface area (Å²) in [6.45, 7) is 3.21. The molecular weight excluding hydrogens is 356 g/mol. The fourth-order valence-corrected chi connectivity index (χ4v) is 6.24. The van der Waals surface area contributed by atoms with E-state index in [1.54, 1.807) is 4.90 Å². The van der Waals surface area contributed by atoms with Gasteiger partial charge in [-0.3, -0.25) is 0 Å². The summed E-state index contributed by atoms with van der Waals surface area (Å²) in [5, 5.41) is 14.1. The smallest absolute Gasteiger partial charge is 0.410 e. The molecule has 6 rings (SSSR count). The molecule has 5 aliphatic rings. The van der Waals surface area contributed by atoms with Crippen LogP contribution < -0.4 is 11.1 Å². The second kappa shape index (κ2) is 6.51. The minimum absolute atomic E-state index is 0.0228. The Morgan fingerprint density at radius 2 is 2.07 bits per heavy atom. The van der Waals surface area contributed by atoms with Crippen LogP contribution >= 0.6 is 0 Å². The highest BCUT2D eigenvalue weighted by molar-refractivity contribution is 5.69. The van der Waals surface area contributed by atoms with Gasteiger partial charge in [-0.25, -0.2) is 9.78 Å². The van der Waals surface area contributed by atoms with E-state index in [0.29, 0.717) is 42.3 Å². The number of pyridine rings is 1. The minimum atomic E-state index is -0.497. The van der Waals surface area contributed by atoms with Crippen LogP contribution in [0.4, 0.5) is 16.3 Å². The zero-order valence-electron chi connectivity index (χ0n) is 16.4. The highest BCUT2D eigenvalue weighted by atomic mass is 16.6. The maximum Gasteiger partial charge on any atom is 0.410 e. The summed E-state index contributed by atoms with van der Waals surface area (Å²) in [4.78, 5) is 19.1. The van der Waals surface area contributed by atoms with Crippen LogP contribution in [0.3, 0.4) is 0 Å². The van der Waals surface area contributed by atoms with Gasteiger partial charge in [0.25, 0.3) is 0 Å². The highest BCUT2D eigenvalue weighted by Gasteiger charge is 2.56. The average molecular weight is 386 g/mol. The summed E-state index contributed by atoms with van der Waals surface area (Å²) in [5.74, 6) is 1.96. The Morgan fingerprint density at radius 1 is 1.32 bits per heavy atom. The second-order valence-corrected chi connectivity index (χ2v) is 9.51. The Morgan fingerprint density at radius 3 is 2.79 bits per heavy atom. The van der Waals surface area contributed by atoms with Gasteiger partial charge in [-0.1, -0.05) is 0 Å². The number of carbonyl (C=O) groups excluding carboxylic acids is 1. The monoisotopic (exact) mass is 386 g/mol. The van der Waals surface area contributed by atoms with E-state index in [0.717, 1.165) is 44.2 Å². The van der Waals surface area contributed by atoms with Crippen molar-refractivity contribution in [3.05, 3.63) is 17.8 Å². The number of likely N-dealkylation sites (tertiary alicyclic amines) is 1. The molecule has 152 valence electrons. The topological polar surface area (TPSA) is 101 Å².